The lowest BCUT2D eigenvalue weighted by molar-refractivity contribution is 0.714. The second-order valence-electron chi connectivity index (χ2n) is 3.28. The maximum Gasteiger partial charge on any atom is 0.135 e. The van der Waals surface area contributed by atoms with E-state index in [0.717, 1.165) is 11.1 Å². The molecule has 0 aliphatic rings. The van der Waals surface area contributed by atoms with Gasteiger partial charge in [-0.25, -0.2) is 4.98 Å². The van der Waals surface area contributed by atoms with E-state index in [2.05, 4.69) is 11.6 Å². The molecule has 1 atom stereocenters. The molecule has 0 bridgehead atoms. The molecule has 1 rings (SSSR count). The van der Waals surface area contributed by atoms with Crippen LogP contribution in [0.1, 0.15) is 24.9 Å². The van der Waals surface area contributed by atoms with Gasteiger partial charge in [0.2, 0.25) is 0 Å². The normalized spacial score (nSPS) is 12.6. The van der Waals surface area contributed by atoms with Crippen molar-refractivity contribution in [1.29, 1.82) is 0 Å². The van der Waals surface area contributed by atoms with Gasteiger partial charge in [-0.05, 0) is 19.4 Å². The molecule has 76 valence electrons. The van der Waals surface area contributed by atoms with E-state index in [1.165, 1.54) is 0 Å². The lowest BCUT2D eigenvalue weighted by Crippen LogP contribution is -2.11. The molecule has 0 aromatic carbocycles. The molecule has 1 aromatic heterocycles. The molecule has 0 fully saturated rings. The molecule has 0 aliphatic carbocycles. The number of rotatable bonds is 3. The smallest absolute Gasteiger partial charge is 0.135 e. The number of hydrogen-bond acceptors (Lipinski definition) is 2. The van der Waals surface area contributed by atoms with Crippen LogP contribution in [-0.2, 0) is 0 Å². The van der Waals surface area contributed by atoms with Gasteiger partial charge in [0.25, 0.3) is 0 Å². The molecule has 2 nitrogen and oxygen atoms in total. The summed E-state index contributed by atoms with van der Waals surface area (Å²) in [5, 5.41) is 0.743. The fraction of sp³-hybridized carbons (Fsp3) is 0.300. The summed E-state index contributed by atoms with van der Waals surface area (Å²) in [6.45, 7) is 5.73. The molecular formula is C10H12Cl2N2. The fourth-order valence-corrected chi connectivity index (χ4v) is 1.67. The van der Waals surface area contributed by atoms with Gasteiger partial charge in [-0.15, -0.1) is 6.58 Å². The molecule has 0 radical (unpaired) electrons. The van der Waals surface area contributed by atoms with Crippen LogP contribution in [0.15, 0.2) is 24.3 Å². The summed E-state index contributed by atoms with van der Waals surface area (Å²) in [7, 11) is 0. The summed E-state index contributed by atoms with van der Waals surface area (Å²) < 4.78 is 0. The average molecular weight is 231 g/mol. The summed E-state index contributed by atoms with van der Waals surface area (Å²) in [5.41, 5.74) is 7.74. The zero-order valence-corrected chi connectivity index (χ0v) is 9.44. The number of nitrogens with zero attached hydrogens (tertiary/aromatic N) is 1. The third kappa shape index (κ3) is 2.98. The molecule has 1 aromatic rings. The van der Waals surface area contributed by atoms with E-state index >= 15 is 0 Å². The van der Waals surface area contributed by atoms with Gasteiger partial charge in [0, 0.05) is 11.6 Å². The summed E-state index contributed by atoms with van der Waals surface area (Å²) in [4.78, 5) is 3.92. The second kappa shape index (κ2) is 4.78. The third-order valence-electron chi connectivity index (χ3n) is 1.81. The Morgan fingerprint density at radius 1 is 1.57 bits per heavy atom. The van der Waals surface area contributed by atoms with Gasteiger partial charge in [0.05, 0.1) is 0 Å². The molecular weight excluding hydrogens is 219 g/mol. The third-order valence-corrected chi connectivity index (χ3v) is 2.32. The monoisotopic (exact) mass is 230 g/mol. The Labute approximate surface area is 93.7 Å². The molecule has 4 heteroatoms. The number of aromatic nitrogens is 1. The van der Waals surface area contributed by atoms with Crippen LogP contribution in [0, 0.1) is 0 Å². The largest absolute Gasteiger partial charge is 0.324 e. The Morgan fingerprint density at radius 2 is 2.21 bits per heavy atom. The van der Waals surface area contributed by atoms with Crippen LogP contribution in [-0.4, -0.2) is 4.98 Å². The van der Waals surface area contributed by atoms with Crippen molar-refractivity contribution in [3.8, 4) is 0 Å². The van der Waals surface area contributed by atoms with Gasteiger partial charge in [0.1, 0.15) is 10.3 Å². The zero-order chi connectivity index (χ0) is 10.7. The Morgan fingerprint density at radius 3 is 2.71 bits per heavy atom. The summed E-state index contributed by atoms with van der Waals surface area (Å²) in [6, 6.07) is 3.32. The lowest BCUT2D eigenvalue weighted by atomic mass is 10.0. The number of halogens is 2. The van der Waals surface area contributed by atoms with Crippen LogP contribution in [0.25, 0.3) is 0 Å². The van der Waals surface area contributed by atoms with E-state index in [0.29, 0.717) is 16.7 Å². The van der Waals surface area contributed by atoms with Crippen LogP contribution in [0.5, 0.6) is 0 Å². The summed E-state index contributed by atoms with van der Waals surface area (Å²) in [5.74, 6) is 0. The minimum absolute atomic E-state index is 0.162. The van der Waals surface area contributed by atoms with E-state index in [1.807, 2.05) is 6.92 Å². The maximum atomic E-state index is 5.92. The summed E-state index contributed by atoms with van der Waals surface area (Å²) >= 11 is 11.6. The first-order chi connectivity index (χ1) is 6.50. The highest BCUT2D eigenvalue weighted by atomic mass is 35.5. The Bertz CT molecular complexity index is 350. The molecule has 0 spiro atoms. The van der Waals surface area contributed by atoms with Crippen molar-refractivity contribution in [3.05, 3.63) is 40.2 Å². The van der Waals surface area contributed by atoms with Gasteiger partial charge < -0.3 is 5.73 Å². The van der Waals surface area contributed by atoms with Crippen molar-refractivity contribution in [2.45, 2.75) is 19.4 Å². The topological polar surface area (TPSA) is 38.9 Å². The highest BCUT2D eigenvalue weighted by Crippen LogP contribution is 2.25. The Balaban J connectivity index is 2.90. The standard InChI is InChI=1S/C10H12Cl2N2/c1-6(2)5-8(13)7-3-4-9(11)14-10(7)12/h3-4,8H,1,5,13H2,2H3/t8-/m0/s1. The highest BCUT2D eigenvalue weighted by Gasteiger charge is 2.11. The predicted molar refractivity (Wildman–Crippen MR) is 60.6 cm³/mol. The van der Waals surface area contributed by atoms with Crippen LogP contribution < -0.4 is 5.73 Å². The molecule has 0 amide bonds. The molecule has 0 saturated carbocycles. The van der Waals surface area contributed by atoms with Crippen molar-refractivity contribution >= 4 is 23.2 Å². The molecule has 0 saturated heterocycles. The highest BCUT2D eigenvalue weighted by molar-refractivity contribution is 6.32. The van der Waals surface area contributed by atoms with Crippen molar-refractivity contribution in [2.24, 2.45) is 5.73 Å². The fourth-order valence-electron chi connectivity index (χ4n) is 1.18. The van der Waals surface area contributed by atoms with Gasteiger partial charge >= 0.3 is 0 Å². The molecule has 1 heterocycles. The number of nitrogens with two attached hydrogens (primary N) is 1. The van der Waals surface area contributed by atoms with Crippen LogP contribution in [0.2, 0.25) is 10.3 Å². The number of pyridine rings is 1. The molecule has 0 unspecified atom stereocenters. The SMILES string of the molecule is C=C(C)C[C@H](N)c1ccc(Cl)nc1Cl. The van der Waals surface area contributed by atoms with E-state index in [9.17, 15) is 0 Å². The quantitative estimate of drug-likeness (QED) is 0.639. The van der Waals surface area contributed by atoms with Crippen molar-refractivity contribution in [1.82, 2.24) is 4.98 Å². The molecule has 2 N–H and O–H groups in total. The molecule has 0 aliphatic heterocycles. The van der Waals surface area contributed by atoms with Crippen LogP contribution in [0.3, 0.4) is 0 Å². The van der Waals surface area contributed by atoms with Crippen molar-refractivity contribution in [3.63, 3.8) is 0 Å². The molecule has 14 heavy (non-hydrogen) atoms. The summed E-state index contributed by atoms with van der Waals surface area (Å²) in [6.07, 6.45) is 0.697. The Hall–Kier alpha value is -0.570. The first-order valence-corrected chi connectivity index (χ1v) is 4.98. The zero-order valence-electron chi connectivity index (χ0n) is 7.93. The second-order valence-corrected chi connectivity index (χ2v) is 4.03. The lowest BCUT2D eigenvalue weighted by Gasteiger charge is -2.12. The van der Waals surface area contributed by atoms with Gasteiger partial charge in [-0.3, -0.25) is 0 Å². The minimum atomic E-state index is -0.162. The van der Waals surface area contributed by atoms with E-state index < -0.39 is 0 Å². The Kier molecular flexibility index (Phi) is 3.93. The first kappa shape index (κ1) is 11.5. The van der Waals surface area contributed by atoms with Gasteiger partial charge in [0.15, 0.2) is 0 Å². The maximum absolute atomic E-state index is 5.92. The van der Waals surface area contributed by atoms with Gasteiger partial charge in [-0.1, -0.05) is 34.8 Å². The number of hydrogen-bond donors (Lipinski definition) is 1. The average Bonchev–Trinajstić information content (AvgIpc) is 2.01. The first-order valence-electron chi connectivity index (χ1n) is 4.22. The van der Waals surface area contributed by atoms with Crippen LogP contribution in [0.4, 0.5) is 0 Å². The van der Waals surface area contributed by atoms with Crippen molar-refractivity contribution < 1.29 is 0 Å². The van der Waals surface area contributed by atoms with E-state index in [-0.39, 0.29) is 6.04 Å². The minimum Gasteiger partial charge on any atom is -0.324 e. The van der Waals surface area contributed by atoms with Gasteiger partial charge in [-0.2, -0.15) is 0 Å². The van der Waals surface area contributed by atoms with E-state index in [1.54, 1.807) is 12.1 Å². The van der Waals surface area contributed by atoms with Crippen molar-refractivity contribution in [2.75, 3.05) is 0 Å². The predicted octanol–water partition coefficient (Wildman–Crippen LogP) is 3.35. The van der Waals surface area contributed by atoms with E-state index in [4.69, 9.17) is 28.9 Å². The van der Waals surface area contributed by atoms with Crippen LogP contribution >= 0.6 is 23.2 Å².